The number of carbonyl (C=O) groups is 3. The number of nitro benzene ring substituents is 1. The Bertz CT molecular complexity index is 1840. The Morgan fingerprint density at radius 1 is 0.848 bits per heavy atom. The first-order valence-electron chi connectivity index (χ1n) is 13.2. The van der Waals surface area contributed by atoms with Crippen molar-refractivity contribution in [3.05, 3.63) is 135 Å². The molecule has 4 aromatic rings. The van der Waals surface area contributed by atoms with E-state index in [1.807, 2.05) is 0 Å². The lowest BCUT2D eigenvalue weighted by Gasteiger charge is -2.10. The highest BCUT2D eigenvalue weighted by atomic mass is 19.4. The maximum absolute atomic E-state index is 13.0. The number of benzene rings is 4. The first kappa shape index (κ1) is 32.6. The van der Waals surface area contributed by atoms with E-state index in [1.165, 1.54) is 86.1 Å². The SMILES string of the molecule is COc1cc(C=NNC(=O)c2cccc(NC(=O)c3cccc(C(F)(F)F)c3)c2)ccc1OC(=O)/C=C/c1ccc([N+](=O)[O-])cc1. The van der Waals surface area contributed by atoms with Crippen LogP contribution in [0.5, 0.6) is 11.5 Å². The zero-order valence-electron chi connectivity index (χ0n) is 23.8. The summed E-state index contributed by atoms with van der Waals surface area (Å²) >= 11 is 0. The molecule has 234 valence electrons. The molecule has 2 amide bonds. The summed E-state index contributed by atoms with van der Waals surface area (Å²) in [5.41, 5.74) is 2.39. The van der Waals surface area contributed by atoms with Gasteiger partial charge < -0.3 is 14.8 Å². The molecule has 0 heterocycles. The maximum Gasteiger partial charge on any atom is 0.416 e. The van der Waals surface area contributed by atoms with E-state index in [1.54, 1.807) is 6.07 Å². The van der Waals surface area contributed by atoms with Crippen LogP contribution < -0.4 is 20.2 Å². The van der Waals surface area contributed by atoms with Crippen molar-refractivity contribution in [1.29, 1.82) is 0 Å². The Balaban J connectivity index is 1.34. The first-order valence-corrected chi connectivity index (χ1v) is 13.2. The second-order valence-corrected chi connectivity index (χ2v) is 9.33. The van der Waals surface area contributed by atoms with Gasteiger partial charge in [-0.25, -0.2) is 10.2 Å². The fraction of sp³-hybridized carbons (Fsp3) is 0.0625. The number of nitrogens with zero attached hydrogens (tertiary/aromatic N) is 2. The highest BCUT2D eigenvalue weighted by Gasteiger charge is 2.31. The largest absolute Gasteiger partial charge is 0.493 e. The number of non-ortho nitro benzene ring substituents is 1. The van der Waals surface area contributed by atoms with Gasteiger partial charge in [-0.3, -0.25) is 19.7 Å². The molecule has 0 saturated heterocycles. The van der Waals surface area contributed by atoms with E-state index in [0.29, 0.717) is 11.1 Å². The van der Waals surface area contributed by atoms with Gasteiger partial charge in [0.1, 0.15) is 0 Å². The summed E-state index contributed by atoms with van der Waals surface area (Å²) in [6.07, 6.45) is -0.716. The number of methoxy groups -OCH3 is 1. The highest BCUT2D eigenvalue weighted by molar-refractivity contribution is 6.05. The number of rotatable bonds is 10. The standard InChI is InChI=1S/C32H23F3N4O7/c1-45-28-16-21(10-14-27(28)46-29(40)15-11-20-8-12-26(13-9-20)39(43)44)19-36-38-31(42)23-5-3-7-25(18-23)37-30(41)22-4-2-6-24(17-22)32(33,34)35/h2-19H,1H3,(H,37,41)(H,38,42)/b15-11+,36-19?. The summed E-state index contributed by atoms with van der Waals surface area (Å²) < 4.78 is 49.5. The van der Waals surface area contributed by atoms with Gasteiger partial charge in [0.25, 0.3) is 17.5 Å². The number of esters is 1. The van der Waals surface area contributed by atoms with Gasteiger partial charge in [-0.2, -0.15) is 18.3 Å². The average molecular weight is 633 g/mol. The zero-order valence-corrected chi connectivity index (χ0v) is 23.8. The van der Waals surface area contributed by atoms with E-state index >= 15 is 0 Å². The zero-order chi connectivity index (χ0) is 33.3. The smallest absolute Gasteiger partial charge is 0.416 e. The molecule has 4 rings (SSSR count). The number of anilines is 1. The molecule has 0 aliphatic rings. The number of amides is 2. The molecule has 0 fully saturated rings. The molecule has 0 spiro atoms. The summed E-state index contributed by atoms with van der Waals surface area (Å²) in [6.45, 7) is 0. The van der Waals surface area contributed by atoms with Crippen LogP contribution in [0.15, 0.2) is 102 Å². The summed E-state index contributed by atoms with van der Waals surface area (Å²) in [5, 5.41) is 17.1. The molecule has 11 nitrogen and oxygen atoms in total. The van der Waals surface area contributed by atoms with Crippen LogP contribution in [0.4, 0.5) is 24.5 Å². The average Bonchev–Trinajstić information content (AvgIpc) is 3.04. The van der Waals surface area contributed by atoms with Gasteiger partial charge >= 0.3 is 12.1 Å². The summed E-state index contributed by atoms with van der Waals surface area (Å²) in [5.74, 6) is -1.85. The minimum atomic E-state index is -4.60. The molecule has 0 aliphatic heterocycles. The highest BCUT2D eigenvalue weighted by Crippen LogP contribution is 2.30. The van der Waals surface area contributed by atoms with Gasteiger partial charge in [0, 0.05) is 35.0 Å². The minimum absolute atomic E-state index is 0.0811. The summed E-state index contributed by atoms with van der Waals surface area (Å²) in [4.78, 5) is 47.6. The van der Waals surface area contributed by atoms with Gasteiger partial charge in [0.2, 0.25) is 0 Å². The quantitative estimate of drug-likeness (QED) is 0.0524. The molecular weight excluding hydrogens is 609 g/mol. The number of alkyl halides is 3. The van der Waals surface area contributed by atoms with E-state index in [9.17, 15) is 37.7 Å². The fourth-order valence-corrected chi connectivity index (χ4v) is 3.87. The van der Waals surface area contributed by atoms with E-state index in [4.69, 9.17) is 9.47 Å². The predicted molar refractivity (Wildman–Crippen MR) is 162 cm³/mol. The van der Waals surface area contributed by atoms with Crippen molar-refractivity contribution in [3.63, 3.8) is 0 Å². The molecule has 14 heteroatoms. The molecule has 0 aromatic heterocycles. The van der Waals surface area contributed by atoms with Gasteiger partial charge in [0.05, 0.1) is 23.8 Å². The molecule has 0 bridgehead atoms. The molecule has 0 unspecified atom stereocenters. The van der Waals surface area contributed by atoms with Gasteiger partial charge in [0.15, 0.2) is 11.5 Å². The van der Waals surface area contributed by atoms with Crippen LogP contribution in [-0.4, -0.2) is 36.0 Å². The Morgan fingerprint density at radius 3 is 2.20 bits per heavy atom. The number of hydrogen-bond donors (Lipinski definition) is 2. The van der Waals surface area contributed by atoms with Gasteiger partial charge in [-0.1, -0.05) is 12.1 Å². The first-order chi connectivity index (χ1) is 21.9. The lowest BCUT2D eigenvalue weighted by atomic mass is 10.1. The molecule has 46 heavy (non-hydrogen) atoms. The van der Waals surface area contributed by atoms with Crippen molar-refractivity contribution in [2.24, 2.45) is 5.10 Å². The van der Waals surface area contributed by atoms with Crippen LogP contribution in [0.25, 0.3) is 6.08 Å². The maximum atomic E-state index is 13.0. The van der Waals surface area contributed by atoms with Crippen LogP contribution in [0.2, 0.25) is 0 Å². The third-order valence-electron chi connectivity index (χ3n) is 6.13. The number of ether oxygens (including phenoxy) is 2. The number of hydrogen-bond acceptors (Lipinski definition) is 8. The third kappa shape index (κ3) is 8.86. The Labute approximate surface area is 259 Å². The minimum Gasteiger partial charge on any atom is -0.493 e. The lowest BCUT2D eigenvalue weighted by Crippen LogP contribution is -2.18. The van der Waals surface area contributed by atoms with Crippen molar-refractivity contribution in [1.82, 2.24) is 5.43 Å². The van der Waals surface area contributed by atoms with Crippen LogP contribution in [0, 0.1) is 10.1 Å². The molecule has 4 aromatic carbocycles. The topological polar surface area (TPSA) is 149 Å². The van der Waals surface area contributed by atoms with Crippen LogP contribution in [0.1, 0.15) is 37.4 Å². The Morgan fingerprint density at radius 2 is 1.52 bits per heavy atom. The summed E-state index contributed by atoms with van der Waals surface area (Å²) in [7, 11) is 1.36. The number of carbonyl (C=O) groups excluding carboxylic acids is 3. The van der Waals surface area contributed by atoms with Crippen LogP contribution in [-0.2, 0) is 11.0 Å². The Kier molecular flexibility index (Phi) is 10.2. The Hall–Kier alpha value is -6.31. The normalized spacial score (nSPS) is 11.3. The predicted octanol–water partition coefficient (Wildman–Crippen LogP) is 6.26. The molecule has 0 aliphatic carbocycles. The van der Waals surface area contributed by atoms with Crippen molar-refractivity contribution < 1.29 is 42.0 Å². The lowest BCUT2D eigenvalue weighted by molar-refractivity contribution is -0.384. The van der Waals surface area contributed by atoms with Crippen molar-refractivity contribution in [2.75, 3.05) is 12.4 Å². The van der Waals surface area contributed by atoms with Gasteiger partial charge in [-0.15, -0.1) is 0 Å². The van der Waals surface area contributed by atoms with Crippen molar-refractivity contribution >= 4 is 41.4 Å². The number of halogens is 3. The summed E-state index contributed by atoms with van der Waals surface area (Å²) in [6, 6.07) is 19.8. The molecular formula is C32H23F3N4O7. The molecule has 0 radical (unpaired) electrons. The third-order valence-corrected chi connectivity index (χ3v) is 6.13. The van der Waals surface area contributed by atoms with E-state index < -0.39 is 34.4 Å². The second-order valence-electron chi connectivity index (χ2n) is 9.33. The second kappa shape index (κ2) is 14.4. The van der Waals surface area contributed by atoms with Crippen LogP contribution in [0.3, 0.4) is 0 Å². The van der Waals surface area contributed by atoms with Crippen molar-refractivity contribution in [3.8, 4) is 11.5 Å². The molecule has 2 N–H and O–H groups in total. The van der Waals surface area contributed by atoms with E-state index in [2.05, 4.69) is 15.8 Å². The van der Waals surface area contributed by atoms with E-state index in [0.717, 1.165) is 24.3 Å². The number of hydrazone groups is 1. The van der Waals surface area contributed by atoms with Crippen molar-refractivity contribution in [2.45, 2.75) is 6.18 Å². The molecule has 0 atom stereocenters. The van der Waals surface area contributed by atoms with Gasteiger partial charge in [-0.05, 0) is 83.9 Å². The fourth-order valence-electron chi connectivity index (χ4n) is 3.87. The molecule has 0 saturated carbocycles. The monoisotopic (exact) mass is 632 g/mol. The number of nitro groups is 1. The van der Waals surface area contributed by atoms with E-state index in [-0.39, 0.29) is 34.0 Å². The number of nitrogens with one attached hydrogen (secondary N) is 2. The van der Waals surface area contributed by atoms with Crippen LogP contribution >= 0.6 is 0 Å².